The number of hydrogen-bond acceptors (Lipinski definition) is 5. The van der Waals surface area contributed by atoms with E-state index in [0.29, 0.717) is 6.04 Å². The predicted octanol–water partition coefficient (Wildman–Crippen LogP) is 8.29. The van der Waals surface area contributed by atoms with Gasteiger partial charge in [0.05, 0.1) is 23.4 Å². The molecule has 2 saturated heterocycles. The Morgan fingerprint density at radius 2 is 1.74 bits per heavy atom. The van der Waals surface area contributed by atoms with Crippen molar-refractivity contribution >= 4 is 32.5 Å². The van der Waals surface area contributed by atoms with E-state index in [1.807, 2.05) is 26.0 Å². The van der Waals surface area contributed by atoms with E-state index in [0.717, 1.165) is 99.9 Å². The maximum Gasteiger partial charge on any atom is 0.121 e. The molecule has 7 heteroatoms. The molecule has 5 rings (SSSR count). The summed E-state index contributed by atoms with van der Waals surface area (Å²) >= 11 is 6.58. The molecule has 1 aliphatic carbocycles. The van der Waals surface area contributed by atoms with Crippen LogP contribution in [0.25, 0.3) is 0 Å². The van der Waals surface area contributed by atoms with Crippen LogP contribution in [0, 0.1) is 6.92 Å². The molecular weight excluding hydrogens is 571 g/mol. The average molecular weight is 623 g/mol. The van der Waals surface area contributed by atoms with Crippen molar-refractivity contribution in [1.29, 1.82) is 0 Å². The van der Waals surface area contributed by atoms with Gasteiger partial charge >= 0.3 is 0 Å². The van der Waals surface area contributed by atoms with Gasteiger partial charge in [-0.2, -0.15) is 0 Å². The number of halogens is 1. The summed E-state index contributed by atoms with van der Waals surface area (Å²) in [6, 6.07) is 15.3. The van der Waals surface area contributed by atoms with Gasteiger partial charge in [0.2, 0.25) is 0 Å². The second kappa shape index (κ2) is 18.2. The number of nitrogens with one attached hydrogen (secondary N) is 1. The molecular formula is C36H52ClN4OP. The monoisotopic (exact) mass is 622 g/mol. The molecule has 0 aromatic heterocycles. The van der Waals surface area contributed by atoms with Crippen LogP contribution in [0.3, 0.4) is 0 Å². The van der Waals surface area contributed by atoms with Gasteiger partial charge in [-0.3, -0.25) is 4.90 Å². The van der Waals surface area contributed by atoms with Crippen molar-refractivity contribution in [2.75, 3.05) is 45.1 Å². The number of allylic oxidation sites excluding steroid dienone is 4. The highest BCUT2D eigenvalue weighted by Gasteiger charge is 2.24. The first-order valence-corrected chi connectivity index (χ1v) is 17.0. The highest BCUT2D eigenvalue weighted by Crippen LogP contribution is 2.32. The van der Waals surface area contributed by atoms with E-state index in [4.69, 9.17) is 22.1 Å². The minimum atomic E-state index is 0.426. The summed E-state index contributed by atoms with van der Waals surface area (Å²) in [6.45, 7) is 14.4. The Labute approximate surface area is 268 Å². The van der Waals surface area contributed by atoms with E-state index in [-0.39, 0.29) is 0 Å². The topological polar surface area (TPSA) is 53.8 Å². The van der Waals surface area contributed by atoms with Gasteiger partial charge in [0.25, 0.3) is 0 Å². The van der Waals surface area contributed by atoms with Gasteiger partial charge < -0.3 is 20.7 Å². The Balaban J connectivity index is 0.00000121. The molecule has 5 nitrogen and oxygen atoms in total. The number of piperazine rings is 1. The van der Waals surface area contributed by atoms with Crippen LogP contribution in [-0.4, -0.2) is 55.4 Å². The second-order valence-electron chi connectivity index (χ2n) is 11.2. The maximum absolute atomic E-state index is 6.58. The first-order chi connectivity index (χ1) is 21.0. The standard InChI is InChI=1S/C33H43ClN4O.C2H6.CH3P/c1-24-8-10-27(11-9-24)31-22-28(36-31)14-12-26-13-15-29(23-30(26)35)39-21-4-3-16-37-17-19-38(20-18-37)32-7-5-6-25(2)33(32)34;2*1-2/h7-11,13-15,23,31,36H,3-6,12,16-22,35H2,1-2H3;1-2H3;2H,1H2/b28-14+;;. The van der Waals surface area contributed by atoms with E-state index in [9.17, 15) is 0 Å². The minimum Gasteiger partial charge on any atom is -0.494 e. The summed E-state index contributed by atoms with van der Waals surface area (Å²) in [5.41, 5.74) is 14.8. The van der Waals surface area contributed by atoms with Gasteiger partial charge in [-0.05, 0) is 69.7 Å². The zero-order valence-electron chi connectivity index (χ0n) is 26.7. The Kier molecular flexibility index (Phi) is 14.7. The lowest BCUT2D eigenvalue weighted by Gasteiger charge is -2.38. The number of aryl methyl sites for hydroxylation is 1. The Morgan fingerprint density at radius 1 is 1.05 bits per heavy atom. The Morgan fingerprint density at radius 3 is 2.42 bits per heavy atom. The molecule has 1 unspecified atom stereocenters. The van der Waals surface area contributed by atoms with Crippen molar-refractivity contribution in [2.24, 2.45) is 0 Å². The first kappa shape index (κ1) is 34.8. The Bertz CT molecular complexity index is 1240. The third kappa shape index (κ3) is 10.2. The van der Waals surface area contributed by atoms with Crippen LogP contribution in [0.5, 0.6) is 5.75 Å². The number of ether oxygens (including phenoxy) is 1. The SMILES string of the molecule is C=P.CC.CC1=C(Cl)C(N2CCN(CCCCOc3ccc(C/C=C4\CC(c5ccc(C)cc5)N4)c(N)c3)CC2)=CCC1. The van der Waals surface area contributed by atoms with Crippen molar-refractivity contribution in [3.8, 4) is 5.75 Å². The van der Waals surface area contributed by atoms with Crippen LogP contribution in [0.15, 0.2) is 76.6 Å². The zero-order valence-corrected chi connectivity index (χ0v) is 28.5. The molecule has 3 N–H and O–H groups in total. The third-order valence-corrected chi connectivity index (χ3v) is 8.77. The lowest BCUT2D eigenvalue weighted by atomic mass is 9.93. The van der Waals surface area contributed by atoms with E-state index in [2.05, 4.69) is 86.6 Å². The highest BCUT2D eigenvalue weighted by molar-refractivity contribution is 7.15. The summed E-state index contributed by atoms with van der Waals surface area (Å²) in [7, 11) is 2.72. The van der Waals surface area contributed by atoms with Crippen LogP contribution in [-0.2, 0) is 6.42 Å². The molecule has 2 fully saturated rings. The number of anilines is 1. The molecule has 2 heterocycles. The summed E-state index contributed by atoms with van der Waals surface area (Å²) < 4.78 is 6.02. The molecule has 2 aromatic carbocycles. The number of rotatable bonds is 10. The van der Waals surface area contributed by atoms with E-state index in [1.54, 1.807) is 0 Å². The van der Waals surface area contributed by atoms with Crippen molar-refractivity contribution in [2.45, 2.75) is 72.3 Å². The lowest BCUT2D eigenvalue weighted by Crippen LogP contribution is -2.46. The molecule has 0 spiro atoms. The number of nitrogen functional groups attached to an aromatic ring is 1. The maximum atomic E-state index is 6.58. The van der Waals surface area contributed by atoms with E-state index in [1.165, 1.54) is 28.1 Å². The van der Waals surface area contributed by atoms with Crippen molar-refractivity contribution in [3.63, 3.8) is 0 Å². The lowest BCUT2D eigenvalue weighted by molar-refractivity contribution is 0.156. The number of benzene rings is 2. The number of hydrogen-bond donors (Lipinski definition) is 2. The molecule has 3 aliphatic rings. The van der Waals surface area contributed by atoms with Gasteiger partial charge in [0.1, 0.15) is 5.75 Å². The van der Waals surface area contributed by atoms with Crippen LogP contribution in [0.2, 0.25) is 0 Å². The fraction of sp³-hybridized carbons (Fsp3) is 0.472. The fourth-order valence-corrected chi connectivity index (χ4v) is 5.89. The summed E-state index contributed by atoms with van der Waals surface area (Å²) in [5.74, 6) is 0.861. The van der Waals surface area contributed by atoms with E-state index >= 15 is 0 Å². The molecule has 0 bridgehead atoms. The van der Waals surface area contributed by atoms with Crippen molar-refractivity contribution < 1.29 is 4.74 Å². The van der Waals surface area contributed by atoms with Gasteiger partial charge in [0, 0.05) is 50.1 Å². The average Bonchev–Trinajstić information content (AvgIpc) is 3.02. The number of nitrogens with zero attached hydrogens (tertiary/aromatic N) is 2. The van der Waals surface area contributed by atoms with Gasteiger partial charge in [-0.1, -0.05) is 85.4 Å². The highest BCUT2D eigenvalue weighted by atomic mass is 35.5. The molecule has 43 heavy (non-hydrogen) atoms. The largest absolute Gasteiger partial charge is 0.494 e. The molecule has 2 aliphatic heterocycles. The van der Waals surface area contributed by atoms with Gasteiger partial charge in [-0.15, -0.1) is 8.86 Å². The van der Waals surface area contributed by atoms with Crippen LogP contribution in [0.1, 0.15) is 75.6 Å². The quantitative estimate of drug-likeness (QED) is 0.159. The van der Waals surface area contributed by atoms with Crippen molar-refractivity contribution in [3.05, 3.63) is 93.3 Å². The summed E-state index contributed by atoms with van der Waals surface area (Å²) in [4.78, 5) is 5.02. The first-order valence-electron chi connectivity index (χ1n) is 15.9. The predicted molar refractivity (Wildman–Crippen MR) is 190 cm³/mol. The number of nitrogens with two attached hydrogens (primary N) is 1. The minimum absolute atomic E-state index is 0.426. The summed E-state index contributed by atoms with van der Waals surface area (Å²) in [5, 5.41) is 4.55. The van der Waals surface area contributed by atoms with Crippen LogP contribution < -0.4 is 15.8 Å². The molecule has 1 atom stereocenters. The van der Waals surface area contributed by atoms with Gasteiger partial charge in [0.15, 0.2) is 0 Å². The van der Waals surface area contributed by atoms with E-state index < -0.39 is 0 Å². The normalized spacial score (nSPS) is 19.3. The third-order valence-electron chi connectivity index (χ3n) is 8.26. The van der Waals surface area contributed by atoms with Crippen LogP contribution in [0.4, 0.5) is 5.69 Å². The fourth-order valence-electron chi connectivity index (χ4n) is 5.60. The Hall–Kier alpha value is -2.72. The van der Waals surface area contributed by atoms with Gasteiger partial charge in [-0.25, -0.2) is 0 Å². The molecule has 2 aromatic rings. The van der Waals surface area contributed by atoms with Crippen LogP contribution >= 0.6 is 20.5 Å². The molecule has 0 saturated carbocycles. The van der Waals surface area contributed by atoms with Crippen molar-refractivity contribution in [1.82, 2.24) is 15.1 Å². The molecule has 234 valence electrons. The number of unbranched alkanes of at least 4 members (excludes halogenated alkanes) is 1. The second-order valence-corrected chi connectivity index (χ2v) is 11.6. The molecule has 0 amide bonds. The summed E-state index contributed by atoms with van der Waals surface area (Å²) in [6.07, 6.45) is 13.9. The smallest absolute Gasteiger partial charge is 0.121 e. The zero-order chi connectivity index (χ0) is 31.2. The molecule has 0 radical (unpaired) electrons.